The van der Waals surface area contributed by atoms with Crippen LogP contribution in [0.25, 0.3) is 0 Å². The van der Waals surface area contributed by atoms with E-state index in [9.17, 15) is 8.78 Å². The standard InChI is InChI=1S/C8H13F2N.C2H6/c1-5(2)11-3-6-7(4-11)8(6,9)10;1-2/h5-7H,3-4H2,1-2H3;1-2H3. The summed E-state index contributed by atoms with van der Waals surface area (Å²) < 4.78 is 25.3. The molecule has 13 heavy (non-hydrogen) atoms. The number of nitrogens with zero attached hydrogens (tertiary/aromatic N) is 1. The van der Waals surface area contributed by atoms with E-state index in [2.05, 4.69) is 18.7 Å². The second kappa shape index (κ2) is 3.52. The van der Waals surface area contributed by atoms with Gasteiger partial charge in [0, 0.05) is 31.0 Å². The molecule has 2 unspecified atom stereocenters. The maximum atomic E-state index is 12.7. The maximum Gasteiger partial charge on any atom is 0.257 e. The number of alkyl halides is 2. The minimum Gasteiger partial charge on any atom is -0.300 e. The second-order valence-electron chi connectivity index (χ2n) is 3.94. The van der Waals surface area contributed by atoms with Gasteiger partial charge in [0.15, 0.2) is 0 Å². The van der Waals surface area contributed by atoms with Crippen LogP contribution in [0.15, 0.2) is 0 Å². The number of hydrogen-bond donors (Lipinski definition) is 0. The molecule has 2 fully saturated rings. The van der Waals surface area contributed by atoms with Crippen molar-refractivity contribution in [3.8, 4) is 0 Å². The molecule has 2 atom stereocenters. The molecule has 0 aromatic carbocycles. The van der Waals surface area contributed by atoms with Crippen molar-refractivity contribution in [3.63, 3.8) is 0 Å². The van der Waals surface area contributed by atoms with Crippen molar-refractivity contribution in [1.82, 2.24) is 4.90 Å². The average Bonchev–Trinajstić information content (AvgIpc) is 2.55. The molecule has 0 aromatic rings. The van der Waals surface area contributed by atoms with E-state index in [-0.39, 0.29) is 11.8 Å². The third kappa shape index (κ3) is 1.71. The fraction of sp³-hybridized carbons (Fsp3) is 1.00. The van der Waals surface area contributed by atoms with Crippen LogP contribution in [0.2, 0.25) is 0 Å². The highest BCUT2D eigenvalue weighted by Gasteiger charge is 2.71. The molecule has 1 aliphatic heterocycles. The molecule has 1 nitrogen and oxygen atoms in total. The minimum absolute atomic E-state index is 0.315. The summed E-state index contributed by atoms with van der Waals surface area (Å²) in [5.74, 6) is -2.94. The zero-order valence-electron chi connectivity index (χ0n) is 8.85. The van der Waals surface area contributed by atoms with Gasteiger partial charge in [0.25, 0.3) is 5.92 Å². The minimum atomic E-state index is -2.31. The molecule has 3 heteroatoms. The van der Waals surface area contributed by atoms with Crippen LogP contribution in [-0.2, 0) is 0 Å². The molecule has 0 bridgehead atoms. The van der Waals surface area contributed by atoms with Crippen LogP contribution < -0.4 is 0 Å². The normalized spacial score (nSPS) is 35.3. The molecule has 1 heterocycles. The van der Waals surface area contributed by atoms with Crippen LogP contribution in [0.1, 0.15) is 27.7 Å². The first kappa shape index (κ1) is 10.9. The lowest BCUT2D eigenvalue weighted by Gasteiger charge is -2.23. The lowest BCUT2D eigenvalue weighted by molar-refractivity contribution is 0.0472. The zero-order valence-corrected chi connectivity index (χ0v) is 8.85. The van der Waals surface area contributed by atoms with Gasteiger partial charge in [0.05, 0.1) is 0 Å². The summed E-state index contributed by atoms with van der Waals surface area (Å²) in [5, 5.41) is 0. The van der Waals surface area contributed by atoms with Gasteiger partial charge in [-0.1, -0.05) is 13.8 Å². The summed E-state index contributed by atoms with van der Waals surface area (Å²) in [4.78, 5) is 2.13. The largest absolute Gasteiger partial charge is 0.300 e. The smallest absolute Gasteiger partial charge is 0.257 e. The number of halogens is 2. The fourth-order valence-electron chi connectivity index (χ4n) is 1.96. The third-order valence-corrected chi connectivity index (χ3v) is 2.96. The summed E-state index contributed by atoms with van der Waals surface area (Å²) in [7, 11) is 0. The van der Waals surface area contributed by atoms with Crippen molar-refractivity contribution in [2.75, 3.05) is 13.1 Å². The molecular weight excluding hydrogens is 172 g/mol. The first-order valence-electron chi connectivity index (χ1n) is 5.15. The Balaban J connectivity index is 0.000000396. The Hall–Kier alpha value is -0.180. The highest BCUT2D eigenvalue weighted by Crippen LogP contribution is 2.59. The zero-order chi connectivity index (χ0) is 10.2. The monoisotopic (exact) mass is 191 g/mol. The third-order valence-electron chi connectivity index (χ3n) is 2.96. The molecule has 0 spiro atoms. The van der Waals surface area contributed by atoms with Gasteiger partial charge in [-0.3, -0.25) is 4.90 Å². The van der Waals surface area contributed by atoms with Crippen LogP contribution >= 0.6 is 0 Å². The molecular formula is C10H19F2N. The Morgan fingerprint density at radius 3 is 1.85 bits per heavy atom. The van der Waals surface area contributed by atoms with Gasteiger partial charge in [-0.25, -0.2) is 8.78 Å². The van der Waals surface area contributed by atoms with E-state index in [0.717, 1.165) is 0 Å². The topological polar surface area (TPSA) is 3.24 Å². The van der Waals surface area contributed by atoms with Gasteiger partial charge in [0.1, 0.15) is 0 Å². The van der Waals surface area contributed by atoms with E-state index in [4.69, 9.17) is 0 Å². The molecule has 2 rings (SSSR count). The number of piperidine rings is 1. The van der Waals surface area contributed by atoms with E-state index < -0.39 is 5.92 Å². The molecule has 0 radical (unpaired) electrons. The SMILES string of the molecule is CC.CC(C)N1CC2C(C1)C2(F)F. The highest BCUT2D eigenvalue weighted by atomic mass is 19.3. The van der Waals surface area contributed by atoms with Crippen molar-refractivity contribution >= 4 is 0 Å². The summed E-state index contributed by atoms with van der Waals surface area (Å²) >= 11 is 0. The molecule has 2 aliphatic rings. The highest BCUT2D eigenvalue weighted by molar-refractivity contribution is 5.12. The Morgan fingerprint density at radius 2 is 1.54 bits per heavy atom. The van der Waals surface area contributed by atoms with Crippen molar-refractivity contribution in [2.24, 2.45) is 11.8 Å². The number of likely N-dealkylation sites (tertiary alicyclic amines) is 1. The van der Waals surface area contributed by atoms with E-state index in [1.54, 1.807) is 0 Å². The quantitative estimate of drug-likeness (QED) is 0.616. The average molecular weight is 191 g/mol. The summed E-state index contributed by atoms with van der Waals surface area (Å²) in [6.45, 7) is 9.33. The van der Waals surface area contributed by atoms with E-state index in [0.29, 0.717) is 19.1 Å². The van der Waals surface area contributed by atoms with Gasteiger partial charge >= 0.3 is 0 Å². The van der Waals surface area contributed by atoms with E-state index in [1.165, 1.54) is 0 Å². The Morgan fingerprint density at radius 1 is 1.15 bits per heavy atom. The lowest BCUT2D eigenvalue weighted by atomic mass is 10.3. The van der Waals surface area contributed by atoms with Crippen molar-refractivity contribution in [3.05, 3.63) is 0 Å². The Labute approximate surface area is 79.1 Å². The van der Waals surface area contributed by atoms with Gasteiger partial charge in [-0.05, 0) is 13.8 Å². The molecule has 78 valence electrons. The Bertz CT molecular complexity index is 166. The molecule has 0 amide bonds. The van der Waals surface area contributed by atoms with Gasteiger partial charge in [-0.2, -0.15) is 0 Å². The first-order valence-corrected chi connectivity index (χ1v) is 5.15. The number of fused-ring (bicyclic) bond motifs is 1. The van der Waals surface area contributed by atoms with Crippen molar-refractivity contribution in [2.45, 2.75) is 39.7 Å². The van der Waals surface area contributed by atoms with Gasteiger partial charge < -0.3 is 0 Å². The second-order valence-corrected chi connectivity index (χ2v) is 3.94. The molecule has 1 aliphatic carbocycles. The van der Waals surface area contributed by atoms with Gasteiger partial charge in [-0.15, -0.1) is 0 Å². The summed E-state index contributed by atoms with van der Waals surface area (Å²) in [6.07, 6.45) is 0. The van der Waals surface area contributed by atoms with Crippen LogP contribution in [0, 0.1) is 11.8 Å². The molecule has 1 saturated heterocycles. The van der Waals surface area contributed by atoms with Crippen molar-refractivity contribution in [1.29, 1.82) is 0 Å². The number of hydrogen-bond acceptors (Lipinski definition) is 1. The van der Waals surface area contributed by atoms with Crippen LogP contribution in [0.3, 0.4) is 0 Å². The molecule has 0 aromatic heterocycles. The van der Waals surface area contributed by atoms with Crippen LogP contribution in [0.5, 0.6) is 0 Å². The summed E-state index contributed by atoms with van der Waals surface area (Å²) in [5.41, 5.74) is 0. The fourth-order valence-corrected chi connectivity index (χ4v) is 1.96. The van der Waals surface area contributed by atoms with Crippen LogP contribution in [0.4, 0.5) is 8.78 Å². The van der Waals surface area contributed by atoms with Crippen LogP contribution in [-0.4, -0.2) is 30.0 Å². The van der Waals surface area contributed by atoms with E-state index in [1.807, 2.05) is 13.8 Å². The molecule has 1 saturated carbocycles. The number of rotatable bonds is 1. The summed E-state index contributed by atoms with van der Waals surface area (Å²) in [6, 6.07) is 0.429. The predicted molar refractivity (Wildman–Crippen MR) is 50.0 cm³/mol. The first-order chi connectivity index (χ1) is 6.03. The Kier molecular flexibility index (Phi) is 2.95. The maximum absolute atomic E-state index is 12.7. The van der Waals surface area contributed by atoms with E-state index >= 15 is 0 Å². The predicted octanol–water partition coefficient (Wildman–Crippen LogP) is 2.62. The van der Waals surface area contributed by atoms with Crippen molar-refractivity contribution < 1.29 is 8.78 Å². The molecule has 0 N–H and O–H groups in total. The lowest BCUT2D eigenvalue weighted by Crippen LogP contribution is -2.33. The van der Waals surface area contributed by atoms with Gasteiger partial charge in [0.2, 0.25) is 0 Å².